The van der Waals surface area contributed by atoms with Gasteiger partial charge in [0.05, 0.1) is 12.1 Å². The highest BCUT2D eigenvalue weighted by atomic mass is 32.2. The summed E-state index contributed by atoms with van der Waals surface area (Å²) in [6, 6.07) is 0.746. The summed E-state index contributed by atoms with van der Waals surface area (Å²) in [6.45, 7) is -1.77. The molecule has 0 amide bonds. The van der Waals surface area contributed by atoms with Crippen molar-refractivity contribution < 1.29 is 35.9 Å². The van der Waals surface area contributed by atoms with E-state index in [0.717, 1.165) is 11.4 Å². The zero-order valence-corrected chi connectivity index (χ0v) is 10.6. The molecule has 2 N–H and O–H groups in total. The number of alkyl halides is 4. The van der Waals surface area contributed by atoms with Crippen molar-refractivity contribution in [1.29, 1.82) is 0 Å². The summed E-state index contributed by atoms with van der Waals surface area (Å²) in [6.07, 6.45) is -4.01. The van der Waals surface area contributed by atoms with E-state index in [1.54, 1.807) is 0 Å². The van der Waals surface area contributed by atoms with Crippen LogP contribution in [0.2, 0.25) is 0 Å². The predicted molar refractivity (Wildman–Crippen MR) is 57.4 cm³/mol. The first-order chi connectivity index (χ1) is 8.56. The molecule has 0 spiro atoms. The first kappa shape index (κ1) is 15.9. The van der Waals surface area contributed by atoms with Gasteiger partial charge in [-0.2, -0.15) is 8.78 Å². The highest BCUT2D eigenvalue weighted by Gasteiger charge is 2.41. The summed E-state index contributed by atoms with van der Waals surface area (Å²) in [5.41, 5.74) is -0.342. The van der Waals surface area contributed by atoms with E-state index in [0.29, 0.717) is 11.3 Å². The molecule has 0 aliphatic rings. The van der Waals surface area contributed by atoms with Crippen LogP contribution in [0.1, 0.15) is 10.4 Å². The van der Waals surface area contributed by atoms with Gasteiger partial charge in [-0.1, -0.05) is 0 Å². The summed E-state index contributed by atoms with van der Waals surface area (Å²) < 4.78 is 72.5. The second kappa shape index (κ2) is 5.43. The normalized spacial score (nSPS) is 12.9. The third-order valence-corrected chi connectivity index (χ3v) is 4.75. The maximum absolute atomic E-state index is 12.6. The lowest BCUT2D eigenvalue weighted by atomic mass is 10.4. The van der Waals surface area contributed by atoms with Crippen molar-refractivity contribution in [3.63, 3.8) is 0 Å². The number of aromatic carboxylic acids is 1. The van der Waals surface area contributed by atoms with Crippen LogP contribution in [0.5, 0.6) is 0 Å². The van der Waals surface area contributed by atoms with Gasteiger partial charge in [0, 0.05) is 5.38 Å². The Balaban J connectivity index is 2.84. The van der Waals surface area contributed by atoms with Crippen molar-refractivity contribution in [3.8, 4) is 0 Å². The standard InChI is InChI=1S/C8H7F4NO4S2/c9-7(10)8(11,12)3-13-19(16,17)5-1-4(2-18-5)6(14)15/h1-2,7,13H,3H2,(H,14,15). The molecule has 1 aromatic heterocycles. The molecule has 0 bridgehead atoms. The van der Waals surface area contributed by atoms with Crippen LogP contribution in [0.3, 0.4) is 0 Å². The number of carboxylic acids is 1. The molecule has 1 rings (SSSR count). The SMILES string of the molecule is O=C(O)c1csc(S(=O)(=O)NCC(F)(F)C(F)F)c1. The summed E-state index contributed by atoms with van der Waals surface area (Å²) >= 11 is 0.480. The van der Waals surface area contributed by atoms with E-state index in [4.69, 9.17) is 5.11 Å². The Morgan fingerprint density at radius 1 is 1.47 bits per heavy atom. The van der Waals surface area contributed by atoms with E-state index in [2.05, 4.69) is 0 Å². The summed E-state index contributed by atoms with van der Waals surface area (Å²) in [5, 5.41) is 9.56. The molecule has 19 heavy (non-hydrogen) atoms. The Morgan fingerprint density at radius 2 is 2.05 bits per heavy atom. The van der Waals surface area contributed by atoms with E-state index in [9.17, 15) is 30.8 Å². The molecule has 0 atom stereocenters. The number of carbonyl (C=O) groups is 1. The Labute approximate surface area is 108 Å². The first-order valence-electron chi connectivity index (χ1n) is 4.54. The number of halogens is 4. The fourth-order valence-electron chi connectivity index (χ4n) is 0.909. The number of rotatable bonds is 6. The topological polar surface area (TPSA) is 83.5 Å². The minimum absolute atomic E-state index is 0.342. The van der Waals surface area contributed by atoms with Gasteiger partial charge in [0.25, 0.3) is 0 Å². The molecule has 11 heteroatoms. The second-order valence-corrected chi connectivity index (χ2v) is 6.25. The van der Waals surface area contributed by atoms with E-state index in [1.165, 1.54) is 4.72 Å². The maximum Gasteiger partial charge on any atom is 0.336 e. The van der Waals surface area contributed by atoms with E-state index >= 15 is 0 Å². The molecule has 0 saturated heterocycles. The van der Waals surface area contributed by atoms with Gasteiger partial charge in [0.2, 0.25) is 10.0 Å². The molecule has 108 valence electrons. The smallest absolute Gasteiger partial charge is 0.336 e. The van der Waals surface area contributed by atoms with Gasteiger partial charge in [-0.15, -0.1) is 11.3 Å². The number of sulfonamides is 1. The van der Waals surface area contributed by atoms with Gasteiger partial charge in [0.1, 0.15) is 4.21 Å². The van der Waals surface area contributed by atoms with Gasteiger partial charge in [-0.3, -0.25) is 0 Å². The quantitative estimate of drug-likeness (QED) is 0.780. The highest BCUT2D eigenvalue weighted by molar-refractivity contribution is 7.91. The molecular formula is C8H7F4NO4S2. The predicted octanol–water partition coefficient (Wildman–Crippen LogP) is 1.62. The average Bonchev–Trinajstić information content (AvgIpc) is 2.76. The fourth-order valence-corrected chi connectivity index (χ4v) is 3.15. The van der Waals surface area contributed by atoms with Crippen molar-refractivity contribution in [2.45, 2.75) is 16.6 Å². The largest absolute Gasteiger partial charge is 0.478 e. The zero-order chi connectivity index (χ0) is 14.8. The molecule has 1 heterocycles. The van der Waals surface area contributed by atoms with E-state index < -0.39 is 39.1 Å². The maximum atomic E-state index is 12.6. The van der Waals surface area contributed by atoms with Gasteiger partial charge in [-0.25, -0.2) is 26.7 Å². The molecule has 0 fully saturated rings. The van der Waals surface area contributed by atoms with Crippen LogP contribution in [0, 0.1) is 0 Å². The number of nitrogens with one attached hydrogen (secondary N) is 1. The Bertz CT molecular complexity index is 569. The zero-order valence-electron chi connectivity index (χ0n) is 8.94. The van der Waals surface area contributed by atoms with Crippen LogP contribution >= 0.6 is 11.3 Å². The lowest BCUT2D eigenvalue weighted by Gasteiger charge is -2.15. The molecule has 0 aromatic carbocycles. The van der Waals surface area contributed by atoms with Crippen LogP contribution in [-0.2, 0) is 10.0 Å². The van der Waals surface area contributed by atoms with Gasteiger partial charge in [-0.05, 0) is 6.07 Å². The molecule has 0 aliphatic heterocycles. The molecular weight excluding hydrogens is 314 g/mol. The minimum Gasteiger partial charge on any atom is -0.478 e. The summed E-state index contributed by atoms with van der Waals surface area (Å²) in [5.74, 6) is -5.89. The van der Waals surface area contributed by atoms with Gasteiger partial charge >= 0.3 is 18.3 Å². The molecule has 0 unspecified atom stereocenters. The van der Waals surface area contributed by atoms with Crippen molar-refractivity contribution in [2.24, 2.45) is 0 Å². The lowest BCUT2D eigenvalue weighted by Crippen LogP contribution is -2.41. The average molecular weight is 321 g/mol. The highest BCUT2D eigenvalue weighted by Crippen LogP contribution is 2.24. The Morgan fingerprint density at radius 3 is 2.47 bits per heavy atom. The van der Waals surface area contributed by atoms with Gasteiger partial charge in [0.15, 0.2) is 0 Å². The number of hydrogen-bond acceptors (Lipinski definition) is 4. The number of hydrogen-bond donors (Lipinski definition) is 2. The van der Waals surface area contributed by atoms with Crippen LogP contribution in [0.4, 0.5) is 17.6 Å². The fraction of sp³-hybridized carbons (Fsp3) is 0.375. The summed E-state index contributed by atoms with van der Waals surface area (Å²) in [7, 11) is -4.45. The molecule has 1 aromatic rings. The third kappa shape index (κ3) is 3.88. The summed E-state index contributed by atoms with van der Waals surface area (Å²) in [4.78, 5) is 10.5. The molecule has 0 saturated carbocycles. The molecule has 5 nitrogen and oxygen atoms in total. The van der Waals surface area contributed by atoms with Crippen molar-refractivity contribution in [1.82, 2.24) is 4.72 Å². The number of carboxylic acid groups (broad SMARTS) is 1. The van der Waals surface area contributed by atoms with Crippen molar-refractivity contribution >= 4 is 27.3 Å². The van der Waals surface area contributed by atoms with E-state index in [1.807, 2.05) is 0 Å². The Kier molecular flexibility index (Phi) is 4.53. The lowest BCUT2D eigenvalue weighted by molar-refractivity contribution is -0.122. The molecule has 0 aliphatic carbocycles. The van der Waals surface area contributed by atoms with Crippen LogP contribution in [0.15, 0.2) is 15.7 Å². The third-order valence-electron chi connectivity index (χ3n) is 1.90. The van der Waals surface area contributed by atoms with E-state index in [-0.39, 0.29) is 5.56 Å². The molecule has 0 radical (unpaired) electrons. The monoisotopic (exact) mass is 321 g/mol. The van der Waals surface area contributed by atoms with Crippen molar-refractivity contribution in [3.05, 3.63) is 17.0 Å². The number of thiophene rings is 1. The van der Waals surface area contributed by atoms with Crippen LogP contribution in [0.25, 0.3) is 0 Å². The second-order valence-electron chi connectivity index (χ2n) is 3.35. The van der Waals surface area contributed by atoms with Crippen LogP contribution < -0.4 is 4.72 Å². The van der Waals surface area contributed by atoms with Gasteiger partial charge < -0.3 is 5.11 Å². The minimum atomic E-state index is -4.50. The first-order valence-corrected chi connectivity index (χ1v) is 6.90. The van der Waals surface area contributed by atoms with Crippen LogP contribution in [-0.4, -0.2) is 38.4 Å². The Hall–Kier alpha value is -1.20. The van der Waals surface area contributed by atoms with Crippen molar-refractivity contribution in [2.75, 3.05) is 6.54 Å².